The summed E-state index contributed by atoms with van der Waals surface area (Å²) in [6.07, 6.45) is 0. The summed E-state index contributed by atoms with van der Waals surface area (Å²) in [6.45, 7) is 0. The van der Waals surface area contributed by atoms with Crippen LogP contribution in [0.5, 0.6) is 0 Å². The number of thiol groups is 1. The zero-order chi connectivity index (χ0) is 14.6. The van der Waals surface area contributed by atoms with Crippen LogP contribution in [0, 0.1) is 20.2 Å². The van der Waals surface area contributed by atoms with E-state index < -0.39 is 33.2 Å². The molecular weight excluding hydrogens is 278 g/mol. The molecule has 0 saturated heterocycles. The minimum absolute atomic E-state index is 0.0938. The number of nitro benzene ring substituents is 2. The summed E-state index contributed by atoms with van der Waals surface area (Å²) in [5.74, 6) is -1.33. The number of hydrogen-bond acceptors (Lipinski definition) is 7. The van der Waals surface area contributed by atoms with Gasteiger partial charge in [-0.2, -0.15) is 12.6 Å². The second kappa shape index (κ2) is 6.00. The van der Waals surface area contributed by atoms with E-state index in [2.05, 4.69) is 17.9 Å². The van der Waals surface area contributed by atoms with E-state index in [0.717, 1.165) is 18.2 Å². The van der Waals surface area contributed by atoms with Crippen LogP contribution in [0.15, 0.2) is 18.2 Å². The molecule has 0 bridgehead atoms. The topological polar surface area (TPSA) is 136 Å². The Morgan fingerprint density at radius 3 is 2.42 bits per heavy atom. The Balaban J connectivity index is 3.16. The van der Waals surface area contributed by atoms with Crippen molar-refractivity contribution in [3.63, 3.8) is 0 Å². The molecule has 0 saturated carbocycles. The highest BCUT2D eigenvalue weighted by Gasteiger charge is 2.23. The molecule has 19 heavy (non-hydrogen) atoms. The molecule has 102 valence electrons. The number of nitrogens with zero attached hydrogens (tertiary/aromatic N) is 2. The summed E-state index contributed by atoms with van der Waals surface area (Å²) in [5.41, 5.74) is -1.13. The predicted molar refractivity (Wildman–Crippen MR) is 68.7 cm³/mol. The van der Waals surface area contributed by atoms with Crippen molar-refractivity contribution in [2.24, 2.45) is 0 Å². The summed E-state index contributed by atoms with van der Waals surface area (Å²) in [6, 6.07) is 1.77. The third kappa shape index (κ3) is 3.55. The fraction of sp³-hybridized carbons (Fsp3) is 0.222. The summed E-state index contributed by atoms with van der Waals surface area (Å²) < 4.78 is 0. The second-order valence-corrected chi connectivity index (χ2v) is 3.80. The van der Waals surface area contributed by atoms with Crippen LogP contribution in [-0.2, 0) is 4.79 Å². The molecule has 1 aromatic carbocycles. The Labute approximate surface area is 111 Å². The molecule has 0 aliphatic carbocycles. The van der Waals surface area contributed by atoms with Gasteiger partial charge >= 0.3 is 5.97 Å². The van der Waals surface area contributed by atoms with Gasteiger partial charge in [0.25, 0.3) is 11.4 Å². The van der Waals surface area contributed by atoms with Crippen LogP contribution in [0.3, 0.4) is 0 Å². The number of aliphatic carboxylic acids is 1. The molecule has 10 heteroatoms. The number of carboxylic acids is 1. The SMILES string of the molecule is O=C(O)C(CS)Nc1ccc([N+](=O)[O-])cc1[N+](=O)[O-]. The summed E-state index contributed by atoms with van der Waals surface area (Å²) in [5, 5.41) is 32.6. The average Bonchev–Trinajstić information content (AvgIpc) is 2.35. The molecule has 1 rings (SSSR count). The fourth-order valence-electron chi connectivity index (χ4n) is 1.28. The number of non-ortho nitro benzene ring substituents is 1. The van der Waals surface area contributed by atoms with Crippen molar-refractivity contribution >= 4 is 35.7 Å². The molecule has 2 N–H and O–H groups in total. The zero-order valence-electron chi connectivity index (χ0n) is 9.35. The number of hydrogen-bond donors (Lipinski definition) is 3. The summed E-state index contributed by atoms with van der Waals surface area (Å²) in [7, 11) is 0. The standard InChI is InChI=1S/C9H9N3O6S/c13-9(14)7(4-19)10-6-2-1-5(11(15)16)3-8(6)12(17)18/h1-3,7,10,19H,4H2,(H,13,14). The van der Waals surface area contributed by atoms with E-state index in [0.29, 0.717) is 0 Å². The molecule has 0 amide bonds. The molecular formula is C9H9N3O6S. The van der Waals surface area contributed by atoms with Crippen molar-refractivity contribution in [2.45, 2.75) is 6.04 Å². The number of nitro groups is 2. The molecule has 0 radical (unpaired) electrons. The van der Waals surface area contributed by atoms with Crippen LogP contribution in [0.2, 0.25) is 0 Å². The summed E-state index contributed by atoms with van der Waals surface area (Å²) >= 11 is 3.80. The smallest absolute Gasteiger partial charge is 0.326 e. The van der Waals surface area contributed by atoms with Crippen molar-refractivity contribution in [1.29, 1.82) is 0 Å². The van der Waals surface area contributed by atoms with Crippen molar-refractivity contribution in [2.75, 3.05) is 11.1 Å². The van der Waals surface area contributed by atoms with Gasteiger partial charge in [-0.1, -0.05) is 0 Å². The lowest BCUT2D eigenvalue weighted by Crippen LogP contribution is -2.31. The van der Waals surface area contributed by atoms with Crippen LogP contribution in [0.4, 0.5) is 17.1 Å². The van der Waals surface area contributed by atoms with Crippen LogP contribution < -0.4 is 5.32 Å². The number of rotatable bonds is 6. The molecule has 0 aliphatic rings. The van der Waals surface area contributed by atoms with E-state index in [-0.39, 0.29) is 11.4 Å². The molecule has 0 heterocycles. The van der Waals surface area contributed by atoms with Crippen molar-refractivity contribution in [3.8, 4) is 0 Å². The molecule has 0 fully saturated rings. The summed E-state index contributed by atoms with van der Waals surface area (Å²) in [4.78, 5) is 30.5. The van der Waals surface area contributed by atoms with E-state index >= 15 is 0 Å². The highest BCUT2D eigenvalue weighted by Crippen LogP contribution is 2.29. The normalized spacial score (nSPS) is 11.6. The second-order valence-electron chi connectivity index (χ2n) is 3.43. The molecule has 1 aromatic rings. The molecule has 0 spiro atoms. The van der Waals surface area contributed by atoms with Gasteiger partial charge in [0.2, 0.25) is 0 Å². The first-order valence-corrected chi connectivity index (χ1v) is 5.53. The predicted octanol–water partition coefficient (Wildman–Crippen LogP) is 1.30. The molecule has 9 nitrogen and oxygen atoms in total. The Morgan fingerprint density at radius 1 is 1.37 bits per heavy atom. The van der Waals surface area contributed by atoms with Gasteiger partial charge in [-0.25, -0.2) is 4.79 Å². The van der Waals surface area contributed by atoms with Gasteiger partial charge in [0.1, 0.15) is 11.7 Å². The number of carboxylic acid groups (broad SMARTS) is 1. The van der Waals surface area contributed by atoms with Gasteiger partial charge in [-0.15, -0.1) is 0 Å². The Hall–Kier alpha value is -2.36. The Morgan fingerprint density at radius 2 is 2.00 bits per heavy atom. The van der Waals surface area contributed by atoms with Gasteiger partial charge in [0, 0.05) is 11.8 Å². The number of nitrogens with one attached hydrogen (secondary N) is 1. The van der Waals surface area contributed by atoms with Gasteiger partial charge < -0.3 is 10.4 Å². The van der Waals surface area contributed by atoms with Gasteiger partial charge in [0.05, 0.1) is 15.9 Å². The van der Waals surface area contributed by atoms with Crippen LogP contribution in [0.1, 0.15) is 0 Å². The molecule has 0 aliphatic heterocycles. The maximum atomic E-state index is 10.8. The molecule has 0 aromatic heterocycles. The number of carbonyl (C=O) groups is 1. The number of anilines is 1. The molecule has 1 unspecified atom stereocenters. The lowest BCUT2D eigenvalue weighted by Gasteiger charge is -2.13. The van der Waals surface area contributed by atoms with E-state index in [4.69, 9.17) is 5.11 Å². The zero-order valence-corrected chi connectivity index (χ0v) is 10.2. The van der Waals surface area contributed by atoms with E-state index in [1.807, 2.05) is 0 Å². The highest BCUT2D eigenvalue weighted by molar-refractivity contribution is 7.80. The van der Waals surface area contributed by atoms with Gasteiger partial charge in [-0.3, -0.25) is 20.2 Å². The van der Waals surface area contributed by atoms with E-state index in [1.165, 1.54) is 0 Å². The first kappa shape index (κ1) is 14.7. The fourth-order valence-corrected chi connectivity index (χ4v) is 1.53. The monoisotopic (exact) mass is 287 g/mol. The highest BCUT2D eigenvalue weighted by atomic mass is 32.1. The Kier molecular flexibility index (Phi) is 4.64. The third-order valence-corrected chi connectivity index (χ3v) is 2.56. The molecule has 1 atom stereocenters. The van der Waals surface area contributed by atoms with Gasteiger partial charge in [0.15, 0.2) is 0 Å². The lowest BCUT2D eigenvalue weighted by atomic mass is 10.2. The van der Waals surface area contributed by atoms with Crippen LogP contribution in [-0.4, -0.2) is 32.7 Å². The van der Waals surface area contributed by atoms with Crippen molar-refractivity contribution < 1.29 is 19.7 Å². The minimum atomic E-state index is -1.23. The van der Waals surface area contributed by atoms with E-state index in [9.17, 15) is 25.0 Å². The average molecular weight is 287 g/mol. The third-order valence-electron chi connectivity index (χ3n) is 2.20. The first-order valence-electron chi connectivity index (χ1n) is 4.90. The van der Waals surface area contributed by atoms with Crippen molar-refractivity contribution in [1.82, 2.24) is 0 Å². The first-order chi connectivity index (χ1) is 8.86. The minimum Gasteiger partial charge on any atom is -0.480 e. The lowest BCUT2D eigenvalue weighted by molar-refractivity contribution is -0.393. The maximum Gasteiger partial charge on any atom is 0.326 e. The van der Waals surface area contributed by atoms with Crippen molar-refractivity contribution in [3.05, 3.63) is 38.4 Å². The van der Waals surface area contributed by atoms with Crippen LogP contribution in [0.25, 0.3) is 0 Å². The van der Waals surface area contributed by atoms with E-state index in [1.54, 1.807) is 0 Å². The maximum absolute atomic E-state index is 10.8. The number of benzene rings is 1. The van der Waals surface area contributed by atoms with Gasteiger partial charge in [-0.05, 0) is 6.07 Å². The quantitative estimate of drug-likeness (QED) is 0.407. The largest absolute Gasteiger partial charge is 0.480 e. The van der Waals surface area contributed by atoms with Crippen LogP contribution >= 0.6 is 12.6 Å². The Bertz CT molecular complexity index is 535.